The maximum Gasteiger partial charge on any atom is 0.252 e. The highest BCUT2D eigenvalue weighted by Gasteiger charge is 2.37. The van der Waals surface area contributed by atoms with Crippen molar-refractivity contribution < 1.29 is 8.42 Å². The Bertz CT molecular complexity index is 519. The van der Waals surface area contributed by atoms with E-state index in [1.165, 1.54) is 6.07 Å². The molecule has 96 valence electrons. The Morgan fingerprint density at radius 2 is 2.18 bits per heavy atom. The van der Waals surface area contributed by atoms with Crippen LogP contribution < -0.4 is 0 Å². The minimum Gasteiger partial charge on any atom is -0.206 e. The molecule has 2 heterocycles. The number of hydrogen-bond donors (Lipinski definition) is 0. The maximum absolute atomic E-state index is 12.3. The van der Waals surface area contributed by atoms with Gasteiger partial charge in [-0.1, -0.05) is 25.4 Å². The SMILES string of the molecule is CC1(C)CCN(S(=O)(=O)c2cc(Cl)c(Br)s2)C1. The Morgan fingerprint density at radius 1 is 1.53 bits per heavy atom. The van der Waals surface area contributed by atoms with Crippen LogP contribution in [0.5, 0.6) is 0 Å². The topological polar surface area (TPSA) is 37.4 Å². The predicted octanol–water partition coefficient (Wildman–Crippen LogP) is 3.58. The Balaban J connectivity index is 2.32. The van der Waals surface area contributed by atoms with Gasteiger partial charge in [-0.2, -0.15) is 4.31 Å². The molecule has 2 rings (SSSR count). The predicted molar refractivity (Wildman–Crippen MR) is 74.2 cm³/mol. The Morgan fingerprint density at radius 3 is 2.59 bits per heavy atom. The fraction of sp³-hybridized carbons (Fsp3) is 0.600. The summed E-state index contributed by atoms with van der Waals surface area (Å²) < 4.78 is 27.2. The highest BCUT2D eigenvalue weighted by Crippen LogP contribution is 2.38. The molecule has 0 N–H and O–H groups in total. The lowest BCUT2D eigenvalue weighted by atomic mass is 9.93. The van der Waals surface area contributed by atoms with Gasteiger partial charge in [0.25, 0.3) is 10.0 Å². The zero-order valence-electron chi connectivity index (χ0n) is 9.53. The minimum absolute atomic E-state index is 0.0609. The Hall–Kier alpha value is 0.380. The van der Waals surface area contributed by atoms with E-state index in [9.17, 15) is 8.42 Å². The summed E-state index contributed by atoms with van der Waals surface area (Å²) in [6.45, 7) is 5.32. The van der Waals surface area contributed by atoms with Crippen molar-refractivity contribution in [3.63, 3.8) is 0 Å². The number of nitrogens with zero attached hydrogens (tertiary/aromatic N) is 1. The van der Waals surface area contributed by atoms with Crippen LogP contribution in [0.3, 0.4) is 0 Å². The molecule has 0 radical (unpaired) electrons. The summed E-state index contributed by atoms with van der Waals surface area (Å²) in [4.78, 5) is 0. The van der Waals surface area contributed by atoms with Crippen molar-refractivity contribution in [3.05, 3.63) is 14.9 Å². The van der Waals surface area contributed by atoms with Gasteiger partial charge in [-0.3, -0.25) is 0 Å². The van der Waals surface area contributed by atoms with Gasteiger partial charge in [0.2, 0.25) is 0 Å². The van der Waals surface area contributed by atoms with Gasteiger partial charge in [-0.25, -0.2) is 8.42 Å². The molecule has 0 atom stereocenters. The van der Waals surface area contributed by atoms with Crippen molar-refractivity contribution in [3.8, 4) is 0 Å². The van der Waals surface area contributed by atoms with Crippen molar-refractivity contribution in [1.82, 2.24) is 4.31 Å². The van der Waals surface area contributed by atoms with Crippen LogP contribution in [-0.4, -0.2) is 25.8 Å². The number of sulfonamides is 1. The largest absolute Gasteiger partial charge is 0.252 e. The molecule has 1 aliphatic heterocycles. The molecule has 1 fully saturated rings. The van der Waals surface area contributed by atoms with Crippen molar-refractivity contribution in [2.45, 2.75) is 24.5 Å². The third-order valence-corrected chi connectivity index (χ3v) is 7.63. The molecule has 17 heavy (non-hydrogen) atoms. The van der Waals surface area contributed by atoms with Gasteiger partial charge in [-0.05, 0) is 33.8 Å². The van der Waals surface area contributed by atoms with Gasteiger partial charge < -0.3 is 0 Å². The Kier molecular flexibility index (Phi) is 3.64. The molecule has 0 amide bonds. The van der Waals surface area contributed by atoms with Crippen LogP contribution in [0.4, 0.5) is 0 Å². The van der Waals surface area contributed by atoms with Crippen LogP contribution in [0.2, 0.25) is 5.02 Å². The smallest absolute Gasteiger partial charge is 0.206 e. The zero-order chi connectivity index (χ0) is 12.8. The van der Waals surface area contributed by atoms with E-state index in [0.29, 0.717) is 26.1 Å². The molecule has 7 heteroatoms. The van der Waals surface area contributed by atoms with Crippen LogP contribution in [0.1, 0.15) is 20.3 Å². The summed E-state index contributed by atoms with van der Waals surface area (Å²) in [6.07, 6.45) is 0.895. The number of thiophene rings is 1. The van der Waals surface area contributed by atoms with E-state index in [0.717, 1.165) is 17.8 Å². The van der Waals surface area contributed by atoms with E-state index in [4.69, 9.17) is 11.6 Å². The highest BCUT2D eigenvalue weighted by atomic mass is 79.9. The summed E-state index contributed by atoms with van der Waals surface area (Å²) in [5, 5.41) is 0.451. The van der Waals surface area contributed by atoms with Gasteiger partial charge in [-0.15, -0.1) is 11.3 Å². The number of rotatable bonds is 2. The van der Waals surface area contributed by atoms with Crippen molar-refractivity contribution >= 4 is 48.9 Å². The molecule has 0 aromatic carbocycles. The van der Waals surface area contributed by atoms with Crippen LogP contribution in [0.25, 0.3) is 0 Å². The molecule has 0 bridgehead atoms. The molecule has 0 saturated carbocycles. The second kappa shape index (κ2) is 4.49. The maximum atomic E-state index is 12.3. The molecule has 0 spiro atoms. The van der Waals surface area contributed by atoms with Crippen LogP contribution >= 0.6 is 38.9 Å². The van der Waals surface area contributed by atoms with Gasteiger partial charge >= 0.3 is 0 Å². The van der Waals surface area contributed by atoms with Crippen molar-refractivity contribution in [2.75, 3.05) is 13.1 Å². The van der Waals surface area contributed by atoms with Gasteiger partial charge in [0.15, 0.2) is 0 Å². The summed E-state index contributed by atoms with van der Waals surface area (Å²) in [5.41, 5.74) is 0.0609. The standard InChI is InChI=1S/C10H13BrClNO2S2/c1-10(2)3-4-13(6-10)17(14,15)8-5-7(12)9(11)16-8/h5H,3-4,6H2,1-2H3. The Labute approximate surface area is 119 Å². The normalized spacial score (nSPS) is 20.9. The van der Waals surface area contributed by atoms with Gasteiger partial charge in [0.1, 0.15) is 4.21 Å². The first kappa shape index (κ1) is 13.8. The van der Waals surface area contributed by atoms with Crippen LogP contribution in [0, 0.1) is 5.41 Å². The zero-order valence-corrected chi connectivity index (χ0v) is 13.5. The fourth-order valence-electron chi connectivity index (χ4n) is 1.85. The number of halogens is 2. The van der Waals surface area contributed by atoms with E-state index in [1.807, 2.05) is 0 Å². The summed E-state index contributed by atoms with van der Waals surface area (Å²) in [7, 11) is -3.37. The first-order valence-electron chi connectivity index (χ1n) is 5.17. The lowest BCUT2D eigenvalue weighted by molar-refractivity contribution is 0.376. The molecule has 0 aliphatic carbocycles. The quantitative estimate of drug-likeness (QED) is 0.810. The van der Waals surface area contributed by atoms with Crippen LogP contribution in [-0.2, 0) is 10.0 Å². The summed E-state index contributed by atoms with van der Waals surface area (Å²) in [6, 6.07) is 1.51. The van der Waals surface area contributed by atoms with Crippen LogP contribution in [0.15, 0.2) is 14.1 Å². The second-order valence-corrected chi connectivity index (χ2v) is 9.88. The minimum atomic E-state index is -3.37. The van der Waals surface area contributed by atoms with E-state index in [2.05, 4.69) is 29.8 Å². The van der Waals surface area contributed by atoms with Gasteiger partial charge in [0.05, 0.1) is 8.81 Å². The highest BCUT2D eigenvalue weighted by molar-refractivity contribution is 9.11. The average molecular weight is 359 g/mol. The van der Waals surface area contributed by atoms with Gasteiger partial charge in [0, 0.05) is 13.1 Å². The summed E-state index contributed by atoms with van der Waals surface area (Å²) in [5.74, 6) is 0. The lowest BCUT2D eigenvalue weighted by Crippen LogP contribution is -2.29. The monoisotopic (exact) mass is 357 g/mol. The average Bonchev–Trinajstić information content (AvgIpc) is 2.72. The summed E-state index contributed by atoms with van der Waals surface area (Å²) >= 11 is 10.3. The van der Waals surface area contributed by atoms with Crippen molar-refractivity contribution in [2.24, 2.45) is 5.41 Å². The third kappa shape index (κ3) is 2.71. The molecule has 0 unspecified atom stereocenters. The van der Waals surface area contributed by atoms with Crippen molar-refractivity contribution in [1.29, 1.82) is 0 Å². The molecule has 3 nitrogen and oxygen atoms in total. The first-order chi connectivity index (χ1) is 7.72. The third-order valence-electron chi connectivity index (χ3n) is 2.86. The molecule has 1 aromatic heterocycles. The molecule has 1 aliphatic rings. The number of hydrogen-bond acceptors (Lipinski definition) is 3. The van der Waals surface area contributed by atoms with E-state index < -0.39 is 10.0 Å². The second-order valence-electron chi connectivity index (χ2n) is 4.94. The van der Waals surface area contributed by atoms with E-state index in [1.54, 1.807) is 4.31 Å². The van der Waals surface area contributed by atoms with E-state index >= 15 is 0 Å². The first-order valence-corrected chi connectivity index (χ1v) is 8.60. The lowest BCUT2D eigenvalue weighted by Gasteiger charge is -2.18. The molecular weight excluding hydrogens is 346 g/mol. The molecule has 1 saturated heterocycles. The molecule has 1 aromatic rings. The fourth-order valence-corrected chi connectivity index (χ4v) is 6.03. The molecular formula is C10H13BrClNO2S2. The van der Waals surface area contributed by atoms with E-state index in [-0.39, 0.29) is 5.41 Å².